The number of nitriles is 1. The second-order valence-corrected chi connectivity index (χ2v) is 4.04. The lowest BCUT2D eigenvalue weighted by Gasteiger charge is -2.02. The molecule has 0 unspecified atom stereocenters. The number of aromatic amines is 1. The van der Waals surface area contributed by atoms with E-state index in [0.29, 0.717) is 6.42 Å². The quantitative estimate of drug-likeness (QED) is 0.795. The standard InChI is InChI=1S/C14H15N3/c15-8-2-1-3-12-4-6-13(7-5-12)11-14-16-9-10-17-14/h4-7,9-10H,1-3,11H2,(H,16,17). The molecule has 3 nitrogen and oxygen atoms in total. The Morgan fingerprint density at radius 2 is 1.94 bits per heavy atom. The SMILES string of the molecule is N#CCCCc1ccc(Cc2ncc[nH]2)cc1. The summed E-state index contributed by atoms with van der Waals surface area (Å²) >= 11 is 0. The molecule has 0 spiro atoms. The molecule has 0 atom stereocenters. The molecule has 1 aromatic heterocycles. The summed E-state index contributed by atoms with van der Waals surface area (Å²) in [5, 5.41) is 8.47. The van der Waals surface area contributed by atoms with Crippen LogP contribution in [0.25, 0.3) is 0 Å². The Morgan fingerprint density at radius 3 is 2.59 bits per heavy atom. The smallest absolute Gasteiger partial charge is 0.110 e. The van der Waals surface area contributed by atoms with Gasteiger partial charge in [-0.25, -0.2) is 4.98 Å². The van der Waals surface area contributed by atoms with Crippen molar-refractivity contribution in [3.05, 3.63) is 53.6 Å². The van der Waals surface area contributed by atoms with Crippen molar-refractivity contribution in [3.8, 4) is 6.07 Å². The normalized spacial score (nSPS) is 10.1. The average molecular weight is 225 g/mol. The van der Waals surface area contributed by atoms with Gasteiger partial charge in [-0.1, -0.05) is 24.3 Å². The lowest BCUT2D eigenvalue weighted by Crippen LogP contribution is -1.91. The molecule has 2 rings (SSSR count). The molecule has 86 valence electrons. The van der Waals surface area contributed by atoms with Crippen molar-refractivity contribution < 1.29 is 0 Å². The van der Waals surface area contributed by atoms with Gasteiger partial charge in [0.2, 0.25) is 0 Å². The number of aryl methyl sites for hydroxylation is 1. The van der Waals surface area contributed by atoms with Crippen LogP contribution in [-0.2, 0) is 12.8 Å². The van der Waals surface area contributed by atoms with Gasteiger partial charge in [0.1, 0.15) is 5.82 Å². The molecule has 0 saturated carbocycles. The van der Waals surface area contributed by atoms with E-state index in [1.165, 1.54) is 11.1 Å². The molecule has 1 aromatic carbocycles. The van der Waals surface area contributed by atoms with Crippen molar-refractivity contribution in [1.29, 1.82) is 5.26 Å². The zero-order chi connectivity index (χ0) is 11.9. The fourth-order valence-electron chi connectivity index (χ4n) is 1.78. The van der Waals surface area contributed by atoms with Crippen LogP contribution < -0.4 is 0 Å². The van der Waals surface area contributed by atoms with Crippen LogP contribution in [0.15, 0.2) is 36.7 Å². The maximum atomic E-state index is 8.47. The highest BCUT2D eigenvalue weighted by Gasteiger charge is 1.98. The molecule has 0 aliphatic carbocycles. The molecule has 0 amide bonds. The van der Waals surface area contributed by atoms with Crippen molar-refractivity contribution in [2.45, 2.75) is 25.7 Å². The van der Waals surface area contributed by atoms with E-state index >= 15 is 0 Å². The van der Waals surface area contributed by atoms with E-state index in [9.17, 15) is 0 Å². The second-order valence-electron chi connectivity index (χ2n) is 4.04. The lowest BCUT2D eigenvalue weighted by molar-refractivity contribution is 0.849. The van der Waals surface area contributed by atoms with E-state index in [1.807, 2.05) is 6.20 Å². The van der Waals surface area contributed by atoms with E-state index < -0.39 is 0 Å². The highest BCUT2D eigenvalue weighted by molar-refractivity contribution is 5.25. The fraction of sp³-hybridized carbons (Fsp3) is 0.286. The summed E-state index contributed by atoms with van der Waals surface area (Å²) in [4.78, 5) is 7.30. The van der Waals surface area contributed by atoms with E-state index in [1.54, 1.807) is 6.20 Å². The molecule has 17 heavy (non-hydrogen) atoms. The number of hydrogen-bond acceptors (Lipinski definition) is 2. The second kappa shape index (κ2) is 5.86. The van der Waals surface area contributed by atoms with Crippen molar-refractivity contribution in [3.63, 3.8) is 0 Å². The molecule has 0 fully saturated rings. The first-order valence-corrected chi connectivity index (χ1v) is 5.81. The summed E-state index contributed by atoms with van der Waals surface area (Å²) in [6, 6.07) is 10.7. The first kappa shape index (κ1) is 11.4. The van der Waals surface area contributed by atoms with Crippen LogP contribution in [-0.4, -0.2) is 9.97 Å². The number of unbranched alkanes of at least 4 members (excludes halogenated alkanes) is 1. The molecular weight excluding hydrogens is 210 g/mol. The number of imidazole rings is 1. The van der Waals surface area contributed by atoms with Crippen molar-refractivity contribution in [2.24, 2.45) is 0 Å². The van der Waals surface area contributed by atoms with Crippen LogP contribution >= 0.6 is 0 Å². The van der Waals surface area contributed by atoms with Crippen LogP contribution in [0.1, 0.15) is 29.8 Å². The Hall–Kier alpha value is -2.08. The van der Waals surface area contributed by atoms with Crippen LogP contribution in [0.3, 0.4) is 0 Å². The van der Waals surface area contributed by atoms with Crippen LogP contribution in [0.5, 0.6) is 0 Å². The summed E-state index contributed by atoms with van der Waals surface area (Å²) < 4.78 is 0. The van der Waals surface area contributed by atoms with Gasteiger partial charge in [-0.15, -0.1) is 0 Å². The maximum Gasteiger partial charge on any atom is 0.110 e. The first-order chi connectivity index (χ1) is 8.38. The first-order valence-electron chi connectivity index (χ1n) is 5.81. The Morgan fingerprint density at radius 1 is 1.18 bits per heavy atom. The molecule has 1 N–H and O–H groups in total. The lowest BCUT2D eigenvalue weighted by atomic mass is 10.0. The molecular formula is C14H15N3. The van der Waals surface area contributed by atoms with Crippen molar-refractivity contribution >= 4 is 0 Å². The molecule has 0 aliphatic rings. The number of hydrogen-bond donors (Lipinski definition) is 1. The number of benzene rings is 1. The molecule has 2 aromatic rings. The third-order valence-corrected chi connectivity index (χ3v) is 2.70. The minimum atomic E-state index is 0.633. The van der Waals surface area contributed by atoms with Crippen LogP contribution in [0.2, 0.25) is 0 Å². The van der Waals surface area contributed by atoms with E-state index in [2.05, 4.69) is 40.3 Å². The highest BCUT2D eigenvalue weighted by Crippen LogP contribution is 2.10. The van der Waals surface area contributed by atoms with Crippen molar-refractivity contribution in [1.82, 2.24) is 9.97 Å². The summed E-state index contributed by atoms with van der Waals surface area (Å²) in [7, 11) is 0. The fourth-order valence-corrected chi connectivity index (χ4v) is 1.78. The van der Waals surface area contributed by atoms with E-state index in [-0.39, 0.29) is 0 Å². The Balaban J connectivity index is 1.91. The van der Waals surface area contributed by atoms with Crippen LogP contribution in [0, 0.1) is 11.3 Å². The number of nitrogens with one attached hydrogen (secondary N) is 1. The monoisotopic (exact) mass is 225 g/mol. The Bertz CT molecular complexity index is 477. The molecule has 0 bridgehead atoms. The summed E-state index contributed by atoms with van der Waals surface area (Å²) in [6.45, 7) is 0. The largest absolute Gasteiger partial charge is 0.348 e. The predicted molar refractivity (Wildman–Crippen MR) is 66.4 cm³/mol. The average Bonchev–Trinajstić information content (AvgIpc) is 2.85. The zero-order valence-corrected chi connectivity index (χ0v) is 9.69. The van der Waals surface area contributed by atoms with Gasteiger partial charge in [-0.2, -0.15) is 5.26 Å². The third kappa shape index (κ3) is 3.46. The minimum Gasteiger partial charge on any atom is -0.348 e. The van der Waals surface area contributed by atoms with Gasteiger partial charge in [-0.05, 0) is 24.0 Å². The Kier molecular flexibility index (Phi) is 3.93. The summed E-state index contributed by atoms with van der Waals surface area (Å²) in [6.07, 6.45) is 7.00. The maximum absolute atomic E-state index is 8.47. The minimum absolute atomic E-state index is 0.633. The van der Waals surface area contributed by atoms with Gasteiger partial charge < -0.3 is 4.98 Å². The van der Waals surface area contributed by atoms with Gasteiger partial charge in [0.15, 0.2) is 0 Å². The highest BCUT2D eigenvalue weighted by atomic mass is 14.9. The van der Waals surface area contributed by atoms with Gasteiger partial charge in [0, 0.05) is 25.2 Å². The number of rotatable bonds is 5. The molecule has 3 heteroatoms. The molecule has 0 aliphatic heterocycles. The molecule has 0 radical (unpaired) electrons. The van der Waals surface area contributed by atoms with E-state index in [4.69, 9.17) is 5.26 Å². The predicted octanol–water partition coefficient (Wildman–Crippen LogP) is 2.85. The summed E-state index contributed by atoms with van der Waals surface area (Å²) in [5.41, 5.74) is 2.55. The molecule has 0 saturated heterocycles. The third-order valence-electron chi connectivity index (χ3n) is 2.70. The van der Waals surface area contributed by atoms with Gasteiger partial charge in [0.25, 0.3) is 0 Å². The Labute approximate surface area is 101 Å². The number of aromatic nitrogens is 2. The van der Waals surface area contributed by atoms with Gasteiger partial charge in [0.05, 0.1) is 6.07 Å². The van der Waals surface area contributed by atoms with Crippen molar-refractivity contribution in [2.75, 3.05) is 0 Å². The zero-order valence-electron chi connectivity index (χ0n) is 9.69. The van der Waals surface area contributed by atoms with Crippen LogP contribution in [0.4, 0.5) is 0 Å². The molecule has 1 heterocycles. The summed E-state index contributed by atoms with van der Waals surface area (Å²) in [5.74, 6) is 0.988. The topological polar surface area (TPSA) is 52.5 Å². The number of H-pyrrole nitrogens is 1. The van der Waals surface area contributed by atoms with Gasteiger partial charge in [-0.3, -0.25) is 0 Å². The van der Waals surface area contributed by atoms with E-state index in [0.717, 1.165) is 25.1 Å². The number of nitrogens with zero attached hydrogens (tertiary/aromatic N) is 2. The van der Waals surface area contributed by atoms with Gasteiger partial charge >= 0.3 is 0 Å².